The molecule has 0 aliphatic carbocycles. The van der Waals surface area contributed by atoms with Gasteiger partial charge in [-0.15, -0.1) is 0 Å². The van der Waals surface area contributed by atoms with Crippen LogP contribution in [-0.2, 0) is 9.59 Å². The van der Waals surface area contributed by atoms with Gasteiger partial charge < -0.3 is 4.74 Å². The summed E-state index contributed by atoms with van der Waals surface area (Å²) in [7, 11) is 0. The molecule has 0 radical (unpaired) electrons. The van der Waals surface area contributed by atoms with Gasteiger partial charge in [0, 0.05) is 15.1 Å². The van der Waals surface area contributed by atoms with E-state index in [4.69, 9.17) is 16.3 Å². The van der Waals surface area contributed by atoms with E-state index in [9.17, 15) is 9.59 Å². The second-order valence-corrected chi connectivity index (χ2v) is 6.58. The van der Waals surface area contributed by atoms with Crippen LogP contribution in [0.4, 0.5) is 5.69 Å². The maximum atomic E-state index is 12.6. The molecule has 2 amide bonds. The zero-order valence-corrected chi connectivity index (χ0v) is 15.6. The average molecular weight is 422 g/mol. The lowest BCUT2D eigenvalue weighted by Crippen LogP contribution is -2.35. The van der Waals surface area contributed by atoms with E-state index in [1.807, 2.05) is 13.0 Å². The first-order chi connectivity index (χ1) is 12.0. The maximum absolute atomic E-state index is 12.6. The van der Waals surface area contributed by atoms with Gasteiger partial charge in [-0.2, -0.15) is 0 Å². The van der Waals surface area contributed by atoms with Crippen LogP contribution in [0.25, 0.3) is 6.08 Å². The molecule has 2 aromatic rings. The van der Waals surface area contributed by atoms with Crippen molar-refractivity contribution in [1.82, 2.24) is 5.43 Å². The van der Waals surface area contributed by atoms with E-state index in [0.717, 1.165) is 4.47 Å². The Bertz CT molecular complexity index is 865. The summed E-state index contributed by atoms with van der Waals surface area (Å²) in [6.07, 6.45) is 1.53. The van der Waals surface area contributed by atoms with Gasteiger partial charge in [0.2, 0.25) is 0 Å². The largest absolute Gasteiger partial charge is 0.493 e. The van der Waals surface area contributed by atoms with Crippen molar-refractivity contribution >= 4 is 51.1 Å². The number of hydrazine groups is 1. The number of rotatable bonds is 4. The van der Waals surface area contributed by atoms with Gasteiger partial charge in [0.05, 0.1) is 12.3 Å². The van der Waals surface area contributed by atoms with Gasteiger partial charge in [-0.1, -0.05) is 27.5 Å². The summed E-state index contributed by atoms with van der Waals surface area (Å²) in [5.74, 6) is -0.305. The number of benzene rings is 2. The molecular weight excluding hydrogens is 408 g/mol. The molecule has 1 fully saturated rings. The summed E-state index contributed by atoms with van der Waals surface area (Å²) in [6.45, 7) is 2.35. The molecule has 1 N–H and O–H groups in total. The molecule has 128 valence electrons. The normalized spacial score (nSPS) is 15.6. The predicted molar refractivity (Wildman–Crippen MR) is 100 cm³/mol. The fourth-order valence-corrected chi connectivity index (χ4v) is 2.91. The topological polar surface area (TPSA) is 58.6 Å². The Labute approximate surface area is 158 Å². The second-order valence-electron chi connectivity index (χ2n) is 5.23. The predicted octanol–water partition coefficient (Wildman–Crippen LogP) is 3.96. The number of carbonyl (C=O) groups is 2. The molecule has 5 nitrogen and oxygen atoms in total. The zero-order chi connectivity index (χ0) is 18.0. The van der Waals surface area contributed by atoms with Gasteiger partial charge in [0.15, 0.2) is 0 Å². The van der Waals surface area contributed by atoms with Crippen LogP contribution in [-0.4, -0.2) is 18.4 Å². The third-order valence-electron chi connectivity index (χ3n) is 3.55. The Hall–Kier alpha value is -2.31. The minimum atomic E-state index is -0.470. The van der Waals surface area contributed by atoms with Crippen LogP contribution in [0.3, 0.4) is 0 Å². The van der Waals surface area contributed by atoms with E-state index in [1.54, 1.807) is 36.4 Å². The molecule has 2 aromatic carbocycles. The number of carbonyl (C=O) groups excluding carboxylic acids is 2. The minimum absolute atomic E-state index is 0.0361. The van der Waals surface area contributed by atoms with Gasteiger partial charge in [0.25, 0.3) is 11.8 Å². The van der Waals surface area contributed by atoms with Crippen LogP contribution >= 0.6 is 27.5 Å². The Morgan fingerprint density at radius 2 is 1.92 bits per heavy atom. The molecule has 1 saturated heterocycles. The van der Waals surface area contributed by atoms with E-state index in [-0.39, 0.29) is 5.57 Å². The van der Waals surface area contributed by atoms with Crippen LogP contribution in [0, 0.1) is 0 Å². The molecule has 0 spiro atoms. The number of nitrogens with one attached hydrogen (secondary N) is 1. The van der Waals surface area contributed by atoms with Crippen molar-refractivity contribution in [3.63, 3.8) is 0 Å². The molecule has 0 saturated carbocycles. The highest BCUT2D eigenvalue weighted by atomic mass is 79.9. The summed E-state index contributed by atoms with van der Waals surface area (Å²) in [6, 6.07) is 12.0. The van der Waals surface area contributed by atoms with Crippen LogP contribution in [0.2, 0.25) is 5.02 Å². The Morgan fingerprint density at radius 3 is 2.60 bits per heavy atom. The van der Waals surface area contributed by atoms with E-state index in [2.05, 4.69) is 21.4 Å². The summed E-state index contributed by atoms with van der Waals surface area (Å²) >= 11 is 9.25. The number of hydrogen-bond donors (Lipinski definition) is 1. The average Bonchev–Trinajstić information content (AvgIpc) is 2.86. The van der Waals surface area contributed by atoms with Crippen molar-refractivity contribution < 1.29 is 14.3 Å². The van der Waals surface area contributed by atoms with Gasteiger partial charge in [0.1, 0.15) is 11.3 Å². The van der Waals surface area contributed by atoms with Gasteiger partial charge >= 0.3 is 0 Å². The SMILES string of the molecule is CCOc1ccc(Br)cc1/C=C1\C(=O)NN(c2ccc(Cl)cc2)C1=O. The van der Waals surface area contributed by atoms with Crippen LogP contribution < -0.4 is 15.2 Å². The first kappa shape index (κ1) is 17.5. The zero-order valence-electron chi connectivity index (χ0n) is 13.3. The van der Waals surface area contributed by atoms with Crippen molar-refractivity contribution in [2.75, 3.05) is 11.6 Å². The molecule has 1 aliphatic rings. The minimum Gasteiger partial charge on any atom is -0.493 e. The van der Waals surface area contributed by atoms with E-state index < -0.39 is 11.8 Å². The van der Waals surface area contributed by atoms with Crippen LogP contribution in [0.1, 0.15) is 12.5 Å². The summed E-state index contributed by atoms with van der Waals surface area (Å²) in [5.41, 5.74) is 3.77. The number of halogens is 2. The number of ether oxygens (including phenoxy) is 1. The van der Waals surface area contributed by atoms with Gasteiger partial charge in [-0.05, 0) is 55.5 Å². The molecule has 0 unspecified atom stereocenters. The highest BCUT2D eigenvalue weighted by Crippen LogP contribution is 2.28. The molecule has 0 aromatic heterocycles. The molecular formula is C18H14BrClN2O3. The highest BCUT2D eigenvalue weighted by molar-refractivity contribution is 9.10. The van der Waals surface area contributed by atoms with Crippen LogP contribution in [0.5, 0.6) is 5.75 Å². The van der Waals surface area contributed by atoms with E-state index in [0.29, 0.717) is 28.6 Å². The third kappa shape index (κ3) is 3.70. The van der Waals surface area contributed by atoms with Crippen molar-refractivity contribution in [2.24, 2.45) is 0 Å². The number of anilines is 1. The fourth-order valence-electron chi connectivity index (χ4n) is 2.40. The fraction of sp³-hybridized carbons (Fsp3) is 0.111. The van der Waals surface area contributed by atoms with Gasteiger partial charge in [-0.25, -0.2) is 5.01 Å². The molecule has 1 aliphatic heterocycles. The number of hydrogen-bond acceptors (Lipinski definition) is 3. The van der Waals surface area contributed by atoms with Crippen LogP contribution in [0.15, 0.2) is 52.5 Å². The standard InChI is InChI=1S/C18H14BrClN2O3/c1-2-25-16-8-3-12(19)9-11(16)10-15-17(23)21-22(18(15)24)14-6-4-13(20)5-7-14/h3-10H,2H2,1H3,(H,21,23)/b15-10+. The third-order valence-corrected chi connectivity index (χ3v) is 4.29. The molecule has 3 rings (SSSR count). The lowest BCUT2D eigenvalue weighted by atomic mass is 10.1. The van der Waals surface area contributed by atoms with Gasteiger partial charge in [-0.3, -0.25) is 15.0 Å². The summed E-state index contributed by atoms with van der Waals surface area (Å²) in [4.78, 5) is 24.9. The first-order valence-corrected chi connectivity index (χ1v) is 8.71. The van der Waals surface area contributed by atoms with Crippen molar-refractivity contribution in [3.05, 3.63) is 63.1 Å². The maximum Gasteiger partial charge on any atom is 0.282 e. The Balaban J connectivity index is 1.96. The van der Waals surface area contributed by atoms with E-state index in [1.165, 1.54) is 11.1 Å². The Morgan fingerprint density at radius 1 is 1.20 bits per heavy atom. The first-order valence-electron chi connectivity index (χ1n) is 7.54. The smallest absolute Gasteiger partial charge is 0.282 e. The van der Waals surface area contributed by atoms with Crippen molar-refractivity contribution in [3.8, 4) is 5.75 Å². The Kier molecular flexibility index (Phi) is 5.11. The molecule has 1 heterocycles. The van der Waals surface area contributed by atoms with Crippen molar-refractivity contribution in [2.45, 2.75) is 6.92 Å². The number of nitrogens with zero attached hydrogens (tertiary/aromatic N) is 1. The molecule has 0 atom stereocenters. The van der Waals surface area contributed by atoms with E-state index >= 15 is 0 Å². The highest BCUT2D eigenvalue weighted by Gasteiger charge is 2.34. The summed E-state index contributed by atoms with van der Waals surface area (Å²) < 4.78 is 6.38. The summed E-state index contributed by atoms with van der Waals surface area (Å²) in [5, 5.41) is 1.75. The molecule has 0 bridgehead atoms. The lowest BCUT2D eigenvalue weighted by molar-refractivity contribution is -0.117. The lowest BCUT2D eigenvalue weighted by Gasteiger charge is -2.14. The monoisotopic (exact) mass is 420 g/mol. The molecule has 7 heteroatoms. The second kappa shape index (κ2) is 7.29. The quantitative estimate of drug-likeness (QED) is 0.600. The molecule has 25 heavy (non-hydrogen) atoms. The van der Waals surface area contributed by atoms with Crippen molar-refractivity contribution in [1.29, 1.82) is 0 Å². The number of amides is 2.